The molecule has 2 aromatic rings. The second-order valence-corrected chi connectivity index (χ2v) is 4.32. The number of anilines is 2. The Balaban J connectivity index is 2.14. The van der Waals surface area contributed by atoms with Crippen molar-refractivity contribution in [1.29, 1.82) is 0 Å². The highest BCUT2D eigenvalue weighted by molar-refractivity contribution is 5.55. The van der Waals surface area contributed by atoms with Gasteiger partial charge in [-0.15, -0.1) is 0 Å². The average Bonchev–Trinajstić information content (AvgIpc) is 2.78. The van der Waals surface area contributed by atoms with Gasteiger partial charge in [-0.2, -0.15) is 5.10 Å². The summed E-state index contributed by atoms with van der Waals surface area (Å²) in [5, 5.41) is 7.70. The SMILES string of the molecule is CCc1nn(C)cc1CNc1ncnc(NN)c1C. The largest absolute Gasteiger partial charge is 0.365 e. The van der Waals surface area contributed by atoms with Crippen LogP contribution in [-0.4, -0.2) is 19.7 Å². The van der Waals surface area contributed by atoms with Crippen LogP contribution in [0.5, 0.6) is 0 Å². The molecule has 102 valence electrons. The Morgan fingerprint density at radius 3 is 2.74 bits per heavy atom. The van der Waals surface area contributed by atoms with Crippen LogP contribution in [-0.2, 0) is 20.0 Å². The standard InChI is InChI=1S/C12H19N7/c1-4-10-9(6-19(3)18-10)5-14-11-8(2)12(17-13)16-7-15-11/h6-7H,4-5,13H2,1-3H3,(H2,14,15,16,17). The highest BCUT2D eigenvalue weighted by Gasteiger charge is 2.08. The fourth-order valence-electron chi connectivity index (χ4n) is 1.98. The van der Waals surface area contributed by atoms with E-state index in [4.69, 9.17) is 5.84 Å². The molecule has 19 heavy (non-hydrogen) atoms. The second-order valence-electron chi connectivity index (χ2n) is 4.32. The maximum Gasteiger partial charge on any atom is 0.148 e. The van der Waals surface area contributed by atoms with Crippen molar-refractivity contribution in [2.24, 2.45) is 12.9 Å². The highest BCUT2D eigenvalue weighted by Crippen LogP contribution is 2.18. The third-order valence-electron chi connectivity index (χ3n) is 2.99. The molecular weight excluding hydrogens is 242 g/mol. The summed E-state index contributed by atoms with van der Waals surface area (Å²) in [6, 6.07) is 0. The van der Waals surface area contributed by atoms with Gasteiger partial charge in [0.25, 0.3) is 0 Å². The zero-order valence-corrected chi connectivity index (χ0v) is 11.4. The number of hydrazine groups is 1. The van der Waals surface area contributed by atoms with Crippen molar-refractivity contribution in [3.05, 3.63) is 29.3 Å². The van der Waals surface area contributed by atoms with Gasteiger partial charge >= 0.3 is 0 Å². The van der Waals surface area contributed by atoms with Crippen molar-refractivity contribution in [2.75, 3.05) is 10.7 Å². The third-order valence-corrected chi connectivity index (χ3v) is 2.99. The molecule has 0 saturated carbocycles. The maximum absolute atomic E-state index is 5.39. The number of nitrogens with one attached hydrogen (secondary N) is 2. The molecule has 4 N–H and O–H groups in total. The van der Waals surface area contributed by atoms with E-state index in [2.05, 4.69) is 32.7 Å². The van der Waals surface area contributed by atoms with Crippen LogP contribution in [0.2, 0.25) is 0 Å². The molecule has 0 spiro atoms. The summed E-state index contributed by atoms with van der Waals surface area (Å²) < 4.78 is 1.83. The van der Waals surface area contributed by atoms with E-state index in [1.54, 1.807) is 0 Å². The lowest BCUT2D eigenvalue weighted by molar-refractivity contribution is 0.746. The van der Waals surface area contributed by atoms with Crippen LogP contribution in [0.1, 0.15) is 23.7 Å². The van der Waals surface area contributed by atoms with Crippen molar-refractivity contribution in [2.45, 2.75) is 26.8 Å². The summed E-state index contributed by atoms with van der Waals surface area (Å²) in [5.41, 5.74) is 5.72. The number of aromatic nitrogens is 4. The van der Waals surface area contributed by atoms with E-state index >= 15 is 0 Å². The van der Waals surface area contributed by atoms with E-state index in [1.807, 2.05) is 24.9 Å². The van der Waals surface area contributed by atoms with Gasteiger partial charge < -0.3 is 10.7 Å². The van der Waals surface area contributed by atoms with Crippen molar-refractivity contribution in [3.63, 3.8) is 0 Å². The van der Waals surface area contributed by atoms with Crippen LogP contribution in [0.25, 0.3) is 0 Å². The van der Waals surface area contributed by atoms with E-state index in [0.29, 0.717) is 12.4 Å². The second kappa shape index (κ2) is 5.66. The highest BCUT2D eigenvalue weighted by atomic mass is 15.3. The minimum absolute atomic E-state index is 0.624. The van der Waals surface area contributed by atoms with Gasteiger partial charge in [-0.25, -0.2) is 15.8 Å². The van der Waals surface area contributed by atoms with Crippen LogP contribution in [0, 0.1) is 6.92 Å². The van der Waals surface area contributed by atoms with Gasteiger partial charge in [0.1, 0.15) is 18.0 Å². The Morgan fingerprint density at radius 1 is 1.32 bits per heavy atom. The first-order valence-electron chi connectivity index (χ1n) is 6.19. The molecule has 0 unspecified atom stereocenters. The molecular formula is C12H19N7. The summed E-state index contributed by atoms with van der Waals surface area (Å²) in [5.74, 6) is 6.79. The van der Waals surface area contributed by atoms with Crippen LogP contribution in [0.4, 0.5) is 11.6 Å². The molecule has 0 bridgehead atoms. The number of rotatable bonds is 5. The number of aryl methyl sites for hydroxylation is 2. The summed E-state index contributed by atoms with van der Waals surface area (Å²) in [4.78, 5) is 8.27. The zero-order valence-electron chi connectivity index (χ0n) is 11.4. The summed E-state index contributed by atoms with van der Waals surface area (Å²) in [6.45, 7) is 4.69. The van der Waals surface area contributed by atoms with Gasteiger partial charge in [-0.1, -0.05) is 6.92 Å². The normalized spacial score (nSPS) is 10.5. The molecule has 7 heteroatoms. The Labute approximate surface area is 112 Å². The van der Waals surface area contributed by atoms with E-state index in [-0.39, 0.29) is 0 Å². The van der Waals surface area contributed by atoms with Gasteiger partial charge in [-0.3, -0.25) is 4.68 Å². The lowest BCUT2D eigenvalue weighted by Crippen LogP contribution is -2.12. The van der Waals surface area contributed by atoms with Gasteiger partial charge in [0.15, 0.2) is 0 Å². The molecule has 0 saturated heterocycles. The van der Waals surface area contributed by atoms with E-state index < -0.39 is 0 Å². The summed E-state index contributed by atoms with van der Waals surface area (Å²) in [7, 11) is 1.93. The third kappa shape index (κ3) is 2.82. The molecule has 2 heterocycles. The van der Waals surface area contributed by atoms with Gasteiger partial charge in [0.05, 0.1) is 5.69 Å². The van der Waals surface area contributed by atoms with Crippen LogP contribution in [0.15, 0.2) is 12.5 Å². The Morgan fingerprint density at radius 2 is 2.05 bits per heavy atom. The lowest BCUT2D eigenvalue weighted by Gasteiger charge is -2.10. The zero-order chi connectivity index (χ0) is 13.8. The van der Waals surface area contributed by atoms with Crippen molar-refractivity contribution in [3.8, 4) is 0 Å². The minimum Gasteiger partial charge on any atom is -0.365 e. The van der Waals surface area contributed by atoms with Crippen molar-refractivity contribution < 1.29 is 0 Å². The lowest BCUT2D eigenvalue weighted by atomic mass is 10.2. The molecule has 7 nitrogen and oxygen atoms in total. The molecule has 0 radical (unpaired) electrons. The first kappa shape index (κ1) is 13.3. The monoisotopic (exact) mass is 261 g/mol. The summed E-state index contributed by atoms with van der Waals surface area (Å²) in [6.07, 6.45) is 4.41. The Hall–Kier alpha value is -2.15. The number of nitrogens with zero attached hydrogens (tertiary/aromatic N) is 4. The van der Waals surface area contributed by atoms with E-state index in [9.17, 15) is 0 Å². The van der Waals surface area contributed by atoms with E-state index in [0.717, 1.165) is 23.5 Å². The van der Waals surface area contributed by atoms with Crippen LogP contribution in [0.3, 0.4) is 0 Å². The topological polar surface area (TPSA) is 93.7 Å². The molecule has 0 atom stereocenters. The maximum atomic E-state index is 5.39. The van der Waals surface area contributed by atoms with Crippen LogP contribution >= 0.6 is 0 Å². The fraction of sp³-hybridized carbons (Fsp3) is 0.417. The smallest absolute Gasteiger partial charge is 0.148 e. The first-order valence-corrected chi connectivity index (χ1v) is 6.19. The number of nitrogen functional groups attached to an aromatic ring is 1. The molecule has 0 fully saturated rings. The predicted octanol–water partition coefficient (Wildman–Crippen LogP) is 0.979. The quantitative estimate of drug-likeness (QED) is 0.548. The number of hydrogen-bond acceptors (Lipinski definition) is 6. The number of nitrogens with two attached hydrogens (primary N) is 1. The summed E-state index contributed by atoms with van der Waals surface area (Å²) >= 11 is 0. The van der Waals surface area contributed by atoms with Gasteiger partial charge in [0.2, 0.25) is 0 Å². The molecule has 0 aliphatic heterocycles. The Bertz CT molecular complexity index is 561. The molecule has 2 rings (SSSR count). The molecule has 2 aromatic heterocycles. The van der Waals surface area contributed by atoms with Gasteiger partial charge in [-0.05, 0) is 13.3 Å². The Kier molecular flexibility index (Phi) is 3.96. The molecule has 0 amide bonds. The minimum atomic E-state index is 0.624. The van der Waals surface area contributed by atoms with Crippen molar-refractivity contribution in [1.82, 2.24) is 19.7 Å². The first-order chi connectivity index (χ1) is 9.15. The number of hydrogen-bond donors (Lipinski definition) is 3. The average molecular weight is 261 g/mol. The van der Waals surface area contributed by atoms with E-state index in [1.165, 1.54) is 11.9 Å². The molecule has 0 aliphatic carbocycles. The molecule has 0 aromatic carbocycles. The van der Waals surface area contributed by atoms with Crippen LogP contribution < -0.4 is 16.6 Å². The van der Waals surface area contributed by atoms with Crippen molar-refractivity contribution >= 4 is 11.6 Å². The van der Waals surface area contributed by atoms with Gasteiger partial charge in [0, 0.05) is 30.9 Å². The molecule has 0 aliphatic rings. The predicted molar refractivity (Wildman–Crippen MR) is 74.5 cm³/mol. The fourth-order valence-corrected chi connectivity index (χ4v) is 1.98.